The fraction of sp³-hybridized carbons (Fsp3) is 0.286. The number of amides is 1. The number of nitrogens with one attached hydrogen (secondary N) is 1. The molecule has 2 aromatic carbocycles. The summed E-state index contributed by atoms with van der Waals surface area (Å²) in [5, 5.41) is 8.25. The summed E-state index contributed by atoms with van der Waals surface area (Å²) >= 11 is 8.12. The molecule has 1 aromatic heterocycles. The number of carbonyl (C=O) groups is 2. The van der Waals surface area contributed by atoms with Crippen molar-refractivity contribution in [2.75, 3.05) is 6.61 Å². The SMILES string of the molecule is CCOC(=O)CC(C)NC(=O)c1cc(Cl)cc2cnn(Cc3ccc(I)c(F)c3)c12. The van der Waals surface area contributed by atoms with Crippen LogP contribution in [0.1, 0.15) is 36.2 Å². The Morgan fingerprint density at radius 3 is 2.80 bits per heavy atom. The normalized spacial score (nSPS) is 12.0. The van der Waals surface area contributed by atoms with Crippen molar-refractivity contribution in [1.29, 1.82) is 0 Å². The lowest BCUT2D eigenvalue weighted by Gasteiger charge is -2.15. The van der Waals surface area contributed by atoms with Crippen molar-refractivity contribution < 1.29 is 18.7 Å². The lowest BCUT2D eigenvalue weighted by Crippen LogP contribution is -2.35. The molecule has 0 aliphatic rings. The van der Waals surface area contributed by atoms with Crippen LogP contribution in [-0.4, -0.2) is 34.3 Å². The fourth-order valence-electron chi connectivity index (χ4n) is 3.12. The third-order valence-corrected chi connectivity index (χ3v) is 5.51. The first-order valence-corrected chi connectivity index (χ1v) is 10.8. The summed E-state index contributed by atoms with van der Waals surface area (Å²) in [6, 6.07) is 7.81. The predicted molar refractivity (Wildman–Crippen MR) is 121 cm³/mol. The van der Waals surface area contributed by atoms with E-state index in [9.17, 15) is 14.0 Å². The van der Waals surface area contributed by atoms with Gasteiger partial charge in [-0.25, -0.2) is 4.39 Å². The van der Waals surface area contributed by atoms with E-state index >= 15 is 0 Å². The molecule has 1 unspecified atom stereocenters. The van der Waals surface area contributed by atoms with Crippen LogP contribution in [0.2, 0.25) is 5.02 Å². The van der Waals surface area contributed by atoms with Crippen molar-refractivity contribution in [3.05, 3.63) is 62.1 Å². The first kappa shape index (κ1) is 22.5. The molecule has 3 aromatic rings. The molecule has 1 atom stereocenters. The Bertz CT molecular complexity index is 1100. The Morgan fingerprint density at radius 2 is 2.10 bits per heavy atom. The van der Waals surface area contributed by atoms with Crippen molar-refractivity contribution in [2.24, 2.45) is 0 Å². The summed E-state index contributed by atoms with van der Waals surface area (Å²) in [6.07, 6.45) is 1.67. The van der Waals surface area contributed by atoms with Crippen molar-refractivity contribution in [2.45, 2.75) is 32.9 Å². The van der Waals surface area contributed by atoms with Gasteiger partial charge in [0.25, 0.3) is 5.91 Å². The fourth-order valence-corrected chi connectivity index (χ4v) is 3.68. The zero-order valence-electron chi connectivity index (χ0n) is 16.4. The lowest BCUT2D eigenvalue weighted by atomic mass is 10.1. The molecule has 0 saturated heterocycles. The van der Waals surface area contributed by atoms with E-state index in [1.807, 2.05) is 28.7 Å². The van der Waals surface area contributed by atoms with Gasteiger partial charge in [-0.05, 0) is 66.3 Å². The van der Waals surface area contributed by atoms with E-state index in [1.54, 1.807) is 42.9 Å². The molecule has 9 heteroatoms. The first-order valence-electron chi connectivity index (χ1n) is 9.34. The highest BCUT2D eigenvalue weighted by molar-refractivity contribution is 14.1. The van der Waals surface area contributed by atoms with Gasteiger partial charge in [0, 0.05) is 20.0 Å². The van der Waals surface area contributed by atoms with Gasteiger partial charge in [-0.1, -0.05) is 17.7 Å². The van der Waals surface area contributed by atoms with Crippen LogP contribution in [0.4, 0.5) is 4.39 Å². The summed E-state index contributed by atoms with van der Waals surface area (Å²) in [6.45, 7) is 4.02. The van der Waals surface area contributed by atoms with Gasteiger partial charge in [-0.2, -0.15) is 5.10 Å². The standard InChI is InChI=1S/C21H20ClFIN3O3/c1-3-30-19(28)6-12(2)26-21(29)16-9-15(22)8-14-10-25-27(20(14)16)11-13-4-5-18(24)17(23)7-13/h4-5,7-10,12H,3,6,11H2,1-2H3,(H,26,29). The molecule has 0 aliphatic carbocycles. The monoisotopic (exact) mass is 543 g/mol. The average Bonchev–Trinajstić information content (AvgIpc) is 3.06. The van der Waals surface area contributed by atoms with Crippen molar-refractivity contribution in [3.63, 3.8) is 0 Å². The van der Waals surface area contributed by atoms with Crippen molar-refractivity contribution in [1.82, 2.24) is 15.1 Å². The number of hydrogen-bond donors (Lipinski definition) is 1. The van der Waals surface area contributed by atoms with Crippen molar-refractivity contribution >= 4 is 57.0 Å². The summed E-state index contributed by atoms with van der Waals surface area (Å²) in [5.74, 6) is -1.07. The maximum absolute atomic E-state index is 13.9. The van der Waals surface area contributed by atoms with Crippen LogP contribution in [0.15, 0.2) is 36.5 Å². The van der Waals surface area contributed by atoms with Crippen LogP contribution in [-0.2, 0) is 16.1 Å². The average molecular weight is 544 g/mol. The number of nitrogens with zero attached hydrogens (tertiary/aromatic N) is 2. The van der Waals surface area contributed by atoms with Crippen LogP contribution in [0, 0.1) is 9.39 Å². The molecule has 0 aliphatic heterocycles. The molecule has 1 heterocycles. The number of ether oxygens (including phenoxy) is 1. The maximum Gasteiger partial charge on any atom is 0.307 e. The van der Waals surface area contributed by atoms with Gasteiger partial charge < -0.3 is 10.1 Å². The van der Waals surface area contributed by atoms with E-state index in [4.69, 9.17) is 16.3 Å². The number of rotatable bonds is 7. The zero-order valence-corrected chi connectivity index (χ0v) is 19.3. The molecule has 0 bridgehead atoms. The second-order valence-electron chi connectivity index (χ2n) is 6.83. The number of halogens is 3. The third-order valence-electron chi connectivity index (χ3n) is 4.42. The largest absolute Gasteiger partial charge is 0.466 e. The van der Waals surface area contributed by atoms with E-state index in [-0.39, 0.29) is 37.3 Å². The van der Waals surface area contributed by atoms with E-state index in [0.29, 0.717) is 25.1 Å². The highest BCUT2D eigenvalue weighted by atomic mass is 127. The van der Waals surface area contributed by atoms with Gasteiger partial charge in [0.1, 0.15) is 5.82 Å². The molecule has 30 heavy (non-hydrogen) atoms. The predicted octanol–water partition coefficient (Wildman–Crippen LogP) is 4.55. The van der Waals surface area contributed by atoms with E-state index in [0.717, 1.165) is 5.56 Å². The highest BCUT2D eigenvalue weighted by Crippen LogP contribution is 2.25. The smallest absolute Gasteiger partial charge is 0.307 e. The molecule has 1 N–H and O–H groups in total. The molecule has 0 fully saturated rings. The van der Waals surface area contributed by atoms with Gasteiger partial charge in [0.2, 0.25) is 0 Å². The number of carbonyl (C=O) groups excluding carboxylic acids is 2. The first-order chi connectivity index (χ1) is 14.3. The second-order valence-corrected chi connectivity index (χ2v) is 8.42. The molecule has 158 valence electrons. The van der Waals surface area contributed by atoms with Crippen LogP contribution >= 0.6 is 34.2 Å². The Labute approximate surface area is 191 Å². The Balaban J connectivity index is 1.90. The molecular weight excluding hydrogens is 524 g/mol. The Hall–Kier alpha value is -2.20. The molecule has 1 amide bonds. The summed E-state index contributed by atoms with van der Waals surface area (Å²) in [7, 11) is 0. The molecule has 3 rings (SSSR count). The molecule has 0 spiro atoms. The van der Waals surface area contributed by atoms with Crippen LogP contribution < -0.4 is 5.32 Å². The molecule has 6 nitrogen and oxygen atoms in total. The number of benzene rings is 2. The van der Waals surface area contributed by atoms with Gasteiger partial charge in [-0.15, -0.1) is 0 Å². The van der Waals surface area contributed by atoms with Crippen molar-refractivity contribution in [3.8, 4) is 0 Å². The molecule has 0 radical (unpaired) electrons. The summed E-state index contributed by atoms with van der Waals surface area (Å²) < 4.78 is 21.0. The number of hydrogen-bond acceptors (Lipinski definition) is 4. The Kier molecular flexibility index (Phi) is 7.30. The van der Waals surface area contributed by atoms with Crippen LogP contribution in [0.3, 0.4) is 0 Å². The third kappa shape index (κ3) is 5.28. The summed E-state index contributed by atoms with van der Waals surface area (Å²) in [5.41, 5.74) is 1.63. The van der Waals surface area contributed by atoms with Gasteiger partial charge >= 0.3 is 5.97 Å². The number of aromatic nitrogens is 2. The topological polar surface area (TPSA) is 73.2 Å². The number of fused-ring (bicyclic) bond motifs is 1. The quantitative estimate of drug-likeness (QED) is 0.351. The van der Waals surface area contributed by atoms with E-state index < -0.39 is 6.04 Å². The summed E-state index contributed by atoms with van der Waals surface area (Å²) in [4.78, 5) is 24.6. The number of esters is 1. The Morgan fingerprint density at radius 1 is 1.33 bits per heavy atom. The molecular formula is C21H20ClFIN3O3. The minimum Gasteiger partial charge on any atom is -0.466 e. The zero-order chi connectivity index (χ0) is 21.8. The molecule has 0 saturated carbocycles. The van der Waals surface area contributed by atoms with Crippen LogP contribution in [0.5, 0.6) is 0 Å². The van der Waals surface area contributed by atoms with Gasteiger partial charge in [-0.3, -0.25) is 14.3 Å². The minimum absolute atomic E-state index is 0.0600. The van der Waals surface area contributed by atoms with E-state index in [2.05, 4.69) is 10.4 Å². The van der Waals surface area contributed by atoms with Crippen LogP contribution in [0.25, 0.3) is 10.9 Å². The van der Waals surface area contributed by atoms with Gasteiger partial charge in [0.05, 0.1) is 36.8 Å². The highest BCUT2D eigenvalue weighted by Gasteiger charge is 2.19. The lowest BCUT2D eigenvalue weighted by molar-refractivity contribution is -0.143. The second kappa shape index (κ2) is 9.74. The van der Waals surface area contributed by atoms with E-state index in [1.165, 1.54) is 6.07 Å². The van der Waals surface area contributed by atoms with Gasteiger partial charge in [0.15, 0.2) is 0 Å². The maximum atomic E-state index is 13.9. The minimum atomic E-state index is -0.424.